The second-order valence-corrected chi connectivity index (χ2v) is 10.5. The van der Waals surface area contributed by atoms with Crippen LogP contribution in [-0.4, -0.2) is 4.40 Å². The zero-order valence-electron chi connectivity index (χ0n) is 20.8. The number of nitrogens with zero attached hydrogens (tertiary/aromatic N) is 2. The highest BCUT2D eigenvalue weighted by Crippen LogP contribution is 2.41. The fourth-order valence-corrected chi connectivity index (χ4v) is 6.14. The summed E-state index contributed by atoms with van der Waals surface area (Å²) < 4.78 is 4.81. The summed E-state index contributed by atoms with van der Waals surface area (Å²) in [6.45, 7) is 6.80. The molecule has 170 valence electrons. The number of benzene rings is 4. The van der Waals surface area contributed by atoms with Gasteiger partial charge in [-0.2, -0.15) is 0 Å². The van der Waals surface area contributed by atoms with Gasteiger partial charge in [-0.05, 0) is 65.1 Å². The summed E-state index contributed by atoms with van der Waals surface area (Å²) >= 11 is 0. The molecule has 3 heterocycles. The highest BCUT2D eigenvalue weighted by atomic mass is 15.0. The molecular formula is C33H29N2+. The van der Waals surface area contributed by atoms with Gasteiger partial charge >= 0.3 is 0 Å². The first-order valence-corrected chi connectivity index (χ1v) is 12.6. The van der Waals surface area contributed by atoms with Crippen LogP contribution < -0.4 is 4.57 Å². The molecule has 0 aliphatic rings. The Morgan fingerprint density at radius 3 is 2.37 bits per heavy atom. The summed E-state index contributed by atoms with van der Waals surface area (Å²) in [6, 6.07) is 29.6. The largest absolute Gasteiger partial charge is 0.307 e. The lowest BCUT2D eigenvalue weighted by Crippen LogP contribution is -2.28. The highest BCUT2D eigenvalue weighted by molar-refractivity contribution is 6.26. The number of rotatable bonds is 3. The van der Waals surface area contributed by atoms with Crippen LogP contribution in [0.2, 0.25) is 0 Å². The van der Waals surface area contributed by atoms with Crippen LogP contribution >= 0.6 is 0 Å². The monoisotopic (exact) mass is 453 g/mol. The third-order valence-electron chi connectivity index (χ3n) is 7.67. The second kappa shape index (κ2) is 7.29. The molecule has 2 heteroatoms. The molecule has 0 atom stereocenters. The predicted molar refractivity (Wildman–Crippen MR) is 148 cm³/mol. The molecule has 35 heavy (non-hydrogen) atoms. The molecule has 4 aromatic carbocycles. The highest BCUT2D eigenvalue weighted by Gasteiger charge is 2.24. The van der Waals surface area contributed by atoms with E-state index in [0.717, 1.165) is 6.42 Å². The van der Waals surface area contributed by atoms with Crippen LogP contribution in [0.4, 0.5) is 0 Å². The van der Waals surface area contributed by atoms with Gasteiger partial charge in [0.15, 0.2) is 6.20 Å². The van der Waals surface area contributed by atoms with Crippen molar-refractivity contribution in [2.75, 3.05) is 0 Å². The minimum Gasteiger partial charge on any atom is -0.307 e. The maximum atomic E-state index is 2.51. The fraction of sp³-hybridized carbons (Fsp3) is 0.182. The van der Waals surface area contributed by atoms with Crippen molar-refractivity contribution >= 4 is 49.0 Å². The number of hydrogen-bond acceptors (Lipinski definition) is 0. The second-order valence-electron chi connectivity index (χ2n) is 10.5. The molecule has 0 bridgehead atoms. The Kier molecular flexibility index (Phi) is 4.26. The summed E-state index contributed by atoms with van der Waals surface area (Å²) in [5.74, 6) is 0.665. The van der Waals surface area contributed by atoms with Crippen LogP contribution in [0.5, 0.6) is 0 Å². The maximum absolute atomic E-state index is 2.51. The fourth-order valence-electron chi connectivity index (χ4n) is 6.14. The topological polar surface area (TPSA) is 8.29 Å². The zero-order chi connectivity index (χ0) is 23.8. The lowest BCUT2D eigenvalue weighted by Gasteiger charge is -2.15. The van der Waals surface area contributed by atoms with Crippen LogP contribution in [0.25, 0.3) is 60.1 Å². The van der Waals surface area contributed by atoms with Crippen LogP contribution in [0, 0.1) is 12.8 Å². The Morgan fingerprint density at radius 2 is 1.57 bits per heavy atom. The Balaban J connectivity index is 1.66. The van der Waals surface area contributed by atoms with E-state index in [0.29, 0.717) is 5.92 Å². The average molecular weight is 454 g/mol. The van der Waals surface area contributed by atoms with Crippen molar-refractivity contribution in [2.45, 2.75) is 27.2 Å². The Hall–Kier alpha value is -3.91. The number of fused-ring (bicyclic) bond motifs is 5. The average Bonchev–Trinajstić information content (AvgIpc) is 3.19. The molecule has 0 saturated heterocycles. The summed E-state index contributed by atoms with van der Waals surface area (Å²) in [5.41, 5.74) is 10.5. The lowest BCUT2D eigenvalue weighted by molar-refractivity contribution is -0.643. The SMILES string of the molecule is Cc1ccc2c3ccccc3n3c4cc(-c5ccc(CC(C)C)cc5)cc5cc[n+](C)c(c1c23)c54. The standard InChI is InChI=1S/C33H29N2/c1-20(2)17-22-10-12-23(13-11-22)25-18-24-15-16-34(4)33-30-21(3)9-14-27-26-7-5-6-8-28(26)35(32(27)30)29(19-25)31(24)33/h5-16,18-20H,17H2,1-4H3/q+1. The van der Waals surface area contributed by atoms with E-state index in [4.69, 9.17) is 0 Å². The first-order valence-electron chi connectivity index (χ1n) is 12.6. The number of aromatic nitrogens is 2. The third-order valence-corrected chi connectivity index (χ3v) is 7.67. The van der Waals surface area contributed by atoms with E-state index in [9.17, 15) is 0 Å². The molecule has 0 aliphatic carbocycles. The van der Waals surface area contributed by atoms with Gasteiger partial charge in [-0.1, -0.05) is 68.4 Å². The first kappa shape index (κ1) is 20.5. The maximum Gasteiger partial charge on any atom is 0.224 e. The smallest absolute Gasteiger partial charge is 0.224 e. The molecule has 0 fully saturated rings. The van der Waals surface area contributed by atoms with Crippen molar-refractivity contribution in [3.05, 3.63) is 96.2 Å². The van der Waals surface area contributed by atoms with Crippen LogP contribution in [0.3, 0.4) is 0 Å². The van der Waals surface area contributed by atoms with Crippen molar-refractivity contribution in [3.8, 4) is 11.1 Å². The van der Waals surface area contributed by atoms with Crippen molar-refractivity contribution in [2.24, 2.45) is 13.0 Å². The van der Waals surface area contributed by atoms with Gasteiger partial charge in [0.1, 0.15) is 7.05 Å². The van der Waals surface area contributed by atoms with Gasteiger partial charge in [-0.15, -0.1) is 0 Å². The van der Waals surface area contributed by atoms with Gasteiger partial charge in [0.05, 0.1) is 27.3 Å². The van der Waals surface area contributed by atoms with Gasteiger partial charge in [-0.3, -0.25) is 0 Å². The molecular weight excluding hydrogens is 424 g/mol. The number of pyridine rings is 2. The molecule has 0 amide bonds. The van der Waals surface area contributed by atoms with E-state index in [1.54, 1.807) is 0 Å². The first-order chi connectivity index (χ1) is 17.0. The van der Waals surface area contributed by atoms with E-state index in [2.05, 4.69) is 122 Å². The minimum absolute atomic E-state index is 0.665. The van der Waals surface area contributed by atoms with Crippen LogP contribution in [-0.2, 0) is 13.5 Å². The van der Waals surface area contributed by atoms with Crippen molar-refractivity contribution < 1.29 is 4.57 Å². The molecule has 0 aliphatic heterocycles. The van der Waals surface area contributed by atoms with Crippen molar-refractivity contribution in [1.29, 1.82) is 0 Å². The molecule has 0 radical (unpaired) electrons. The zero-order valence-corrected chi connectivity index (χ0v) is 20.8. The third kappa shape index (κ3) is 2.86. The van der Waals surface area contributed by atoms with E-state index < -0.39 is 0 Å². The van der Waals surface area contributed by atoms with E-state index in [-0.39, 0.29) is 0 Å². The Morgan fingerprint density at radius 1 is 0.771 bits per heavy atom. The van der Waals surface area contributed by atoms with E-state index in [1.807, 2.05) is 0 Å². The molecule has 0 N–H and O–H groups in total. The van der Waals surface area contributed by atoms with Gasteiger partial charge in [0.25, 0.3) is 0 Å². The van der Waals surface area contributed by atoms with Gasteiger partial charge in [0.2, 0.25) is 5.52 Å². The van der Waals surface area contributed by atoms with Crippen molar-refractivity contribution in [3.63, 3.8) is 0 Å². The van der Waals surface area contributed by atoms with Gasteiger partial charge < -0.3 is 4.40 Å². The summed E-state index contributed by atoms with van der Waals surface area (Å²) in [4.78, 5) is 0. The normalized spacial score (nSPS) is 12.4. The van der Waals surface area contributed by atoms with Crippen LogP contribution in [0.15, 0.2) is 85.1 Å². The van der Waals surface area contributed by atoms with Gasteiger partial charge in [0, 0.05) is 16.8 Å². The Labute approximate surface area is 205 Å². The molecule has 7 rings (SSSR count). The number of hydrogen-bond donors (Lipinski definition) is 0. The number of aryl methyl sites for hydroxylation is 2. The molecule has 0 unspecified atom stereocenters. The molecule has 0 spiro atoms. The molecule has 3 aromatic heterocycles. The van der Waals surface area contributed by atoms with Gasteiger partial charge in [-0.25, -0.2) is 4.57 Å². The lowest BCUT2D eigenvalue weighted by atomic mass is 9.95. The summed E-state index contributed by atoms with van der Waals surface area (Å²) in [5, 5.41) is 6.62. The number of para-hydroxylation sites is 1. The minimum atomic E-state index is 0.665. The predicted octanol–water partition coefficient (Wildman–Crippen LogP) is 7.99. The summed E-state index contributed by atoms with van der Waals surface area (Å²) in [7, 11) is 2.18. The quantitative estimate of drug-likeness (QED) is 0.146. The molecule has 7 aromatic rings. The molecule has 0 saturated carbocycles. The van der Waals surface area contributed by atoms with E-state index >= 15 is 0 Å². The Bertz CT molecular complexity index is 1900. The molecule has 2 nitrogen and oxygen atoms in total. The van der Waals surface area contributed by atoms with Crippen molar-refractivity contribution in [1.82, 2.24) is 4.40 Å². The van der Waals surface area contributed by atoms with E-state index in [1.165, 1.54) is 71.3 Å². The summed E-state index contributed by atoms with van der Waals surface area (Å²) in [6.07, 6.45) is 3.33. The van der Waals surface area contributed by atoms with Crippen LogP contribution in [0.1, 0.15) is 25.0 Å².